The molecule has 1 saturated heterocycles. The molecule has 3 heterocycles. The van der Waals surface area contributed by atoms with Gasteiger partial charge < -0.3 is 14.2 Å². The molecular weight excluding hydrogens is 484 g/mol. The molecule has 1 atom stereocenters. The Morgan fingerprint density at radius 1 is 1.19 bits per heavy atom. The van der Waals surface area contributed by atoms with Crippen LogP contribution in [0.1, 0.15) is 47.9 Å². The fourth-order valence-electron chi connectivity index (χ4n) is 3.90. The molecule has 31 heavy (non-hydrogen) atoms. The minimum atomic E-state index is -0.407. The number of hydrogen-bond donors (Lipinski definition) is 1. The van der Waals surface area contributed by atoms with E-state index >= 15 is 0 Å². The third-order valence-corrected chi connectivity index (χ3v) is 6.21. The number of halogens is 2. The summed E-state index contributed by atoms with van der Waals surface area (Å²) in [6.45, 7) is 6.48. The van der Waals surface area contributed by atoms with Crippen LogP contribution in [0.5, 0.6) is 0 Å². The molecule has 166 valence electrons. The van der Waals surface area contributed by atoms with Crippen molar-refractivity contribution in [2.24, 2.45) is 5.92 Å². The zero-order valence-electron chi connectivity index (χ0n) is 17.5. The van der Waals surface area contributed by atoms with Gasteiger partial charge in [0.15, 0.2) is 11.2 Å². The van der Waals surface area contributed by atoms with E-state index in [1.807, 2.05) is 19.1 Å². The van der Waals surface area contributed by atoms with Crippen molar-refractivity contribution in [3.63, 3.8) is 0 Å². The molecule has 0 aliphatic carbocycles. The average Bonchev–Trinajstić information content (AvgIpc) is 3.15. The van der Waals surface area contributed by atoms with E-state index in [1.54, 1.807) is 18.2 Å². The first-order chi connectivity index (χ1) is 14.4. The predicted octanol–water partition coefficient (Wildman–Crippen LogP) is 5.08. The number of likely N-dealkylation sites (tertiary alicyclic amines) is 1. The Bertz CT molecular complexity index is 1120. The van der Waals surface area contributed by atoms with Crippen LogP contribution in [0.4, 0.5) is 0 Å². The summed E-state index contributed by atoms with van der Waals surface area (Å²) in [5.41, 5.74) is 0.144. The maximum atomic E-state index is 12.8. The highest BCUT2D eigenvalue weighted by atomic mass is 79.9. The van der Waals surface area contributed by atoms with E-state index in [9.17, 15) is 9.59 Å². The van der Waals surface area contributed by atoms with Gasteiger partial charge in [-0.3, -0.25) is 14.5 Å². The Labute approximate surface area is 195 Å². The lowest BCUT2D eigenvalue weighted by Gasteiger charge is -2.35. The molecule has 0 spiro atoms. The van der Waals surface area contributed by atoms with Gasteiger partial charge in [0.05, 0.1) is 11.4 Å². The van der Waals surface area contributed by atoms with E-state index in [4.69, 9.17) is 8.83 Å². The molecular formula is C23H26BrClN2O4. The van der Waals surface area contributed by atoms with Crippen molar-refractivity contribution in [3.05, 3.63) is 68.4 Å². The summed E-state index contributed by atoms with van der Waals surface area (Å²) in [5.74, 6) is 2.00. The third-order valence-electron chi connectivity index (χ3n) is 5.72. The fourth-order valence-corrected chi connectivity index (χ4v) is 4.26. The molecule has 8 heteroatoms. The number of fused-ring (bicyclic) bond motifs is 1. The van der Waals surface area contributed by atoms with Gasteiger partial charge in [0.1, 0.15) is 17.1 Å². The zero-order chi connectivity index (χ0) is 21.3. The third kappa shape index (κ3) is 5.40. The Kier molecular flexibility index (Phi) is 7.62. The van der Waals surface area contributed by atoms with Crippen LogP contribution in [0.25, 0.3) is 11.0 Å². The van der Waals surface area contributed by atoms with Gasteiger partial charge in [-0.2, -0.15) is 0 Å². The molecule has 3 aromatic rings. The normalized spacial score (nSPS) is 16.1. The summed E-state index contributed by atoms with van der Waals surface area (Å²) in [7, 11) is 0. The van der Waals surface area contributed by atoms with E-state index in [0.29, 0.717) is 23.4 Å². The van der Waals surface area contributed by atoms with Crippen LogP contribution in [0.15, 0.2) is 54.5 Å². The predicted molar refractivity (Wildman–Crippen MR) is 126 cm³/mol. The number of aryl methyl sites for hydroxylation is 1. The summed E-state index contributed by atoms with van der Waals surface area (Å²) in [6.07, 6.45) is 2.25. The highest BCUT2D eigenvalue weighted by Gasteiger charge is 2.27. The van der Waals surface area contributed by atoms with Crippen molar-refractivity contribution in [1.82, 2.24) is 10.2 Å². The van der Waals surface area contributed by atoms with Gasteiger partial charge in [0.2, 0.25) is 0 Å². The maximum Gasteiger partial charge on any atom is 0.287 e. The van der Waals surface area contributed by atoms with Crippen molar-refractivity contribution in [2.75, 3.05) is 19.6 Å². The van der Waals surface area contributed by atoms with Gasteiger partial charge in [-0.05, 0) is 69.1 Å². The summed E-state index contributed by atoms with van der Waals surface area (Å²) in [6, 6.07) is 10.3. The van der Waals surface area contributed by atoms with Crippen LogP contribution in [0.2, 0.25) is 0 Å². The monoisotopic (exact) mass is 508 g/mol. The first-order valence-electron chi connectivity index (χ1n) is 10.2. The Morgan fingerprint density at radius 3 is 2.61 bits per heavy atom. The highest BCUT2D eigenvalue weighted by Crippen LogP contribution is 2.28. The van der Waals surface area contributed by atoms with Crippen LogP contribution in [0, 0.1) is 12.8 Å². The Balaban J connectivity index is 0.00000272. The molecule has 1 unspecified atom stereocenters. The van der Waals surface area contributed by atoms with Crippen LogP contribution in [-0.2, 0) is 0 Å². The molecule has 0 bridgehead atoms. The number of furan rings is 1. The number of rotatable bonds is 5. The van der Waals surface area contributed by atoms with Crippen LogP contribution in [0.3, 0.4) is 0 Å². The molecule has 6 nitrogen and oxygen atoms in total. The minimum absolute atomic E-state index is 0. The van der Waals surface area contributed by atoms with E-state index < -0.39 is 5.91 Å². The number of benzene rings is 1. The lowest BCUT2D eigenvalue weighted by Crippen LogP contribution is -2.41. The van der Waals surface area contributed by atoms with Crippen molar-refractivity contribution in [1.29, 1.82) is 0 Å². The summed E-state index contributed by atoms with van der Waals surface area (Å²) in [5, 5.41) is 3.37. The van der Waals surface area contributed by atoms with Gasteiger partial charge in [-0.1, -0.05) is 22.9 Å². The molecule has 1 aliphatic rings. The lowest BCUT2D eigenvalue weighted by molar-refractivity contribution is 0.0870. The summed E-state index contributed by atoms with van der Waals surface area (Å²) < 4.78 is 12.4. The minimum Gasteiger partial charge on any atom is -0.465 e. The number of hydrogen-bond acceptors (Lipinski definition) is 5. The standard InChI is InChI=1S/C23H25BrN2O4.ClH/c1-14-7-9-26(10-8-14)18(21-5-3-15(2)29-21)13-25-23(28)22-12-19(27)17-11-16(24)4-6-20(17)30-22;/h3-6,11-12,14,18H,7-10,13H2,1-2H3,(H,25,28);1H. The molecule has 1 fully saturated rings. The van der Waals surface area contributed by atoms with Crippen LogP contribution >= 0.6 is 28.3 Å². The first kappa shape index (κ1) is 23.6. The number of carbonyl (C=O) groups excluding carboxylic acids is 1. The number of carbonyl (C=O) groups is 1. The quantitative estimate of drug-likeness (QED) is 0.519. The maximum absolute atomic E-state index is 12.8. The second-order valence-electron chi connectivity index (χ2n) is 8.01. The summed E-state index contributed by atoms with van der Waals surface area (Å²) in [4.78, 5) is 27.5. The van der Waals surface area contributed by atoms with Crippen molar-refractivity contribution < 1.29 is 13.6 Å². The SMILES string of the molecule is Cc1ccc(C(CNC(=O)c2cc(=O)c3cc(Br)ccc3o2)N2CCC(C)CC2)o1.Cl. The molecule has 0 radical (unpaired) electrons. The van der Waals surface area contributed by atoms with Crippen molar-refractivity contribution in [3.8, 4) is 0 Å². The number of piperidine rings is 1. The second kappa shape index (κ2) is 10.0. The highest BCUT2D eigenvalue weighted by molar-refractivity contribution is 9.10. The topological polar surface area (TPSA) is 75.7 Å². The number of nitrogens with one attached hydrogen (secondary N) is 1. The molecule has 1 amide bonds. The largest absolute Gasteiger partial charge is 0.465 e. The van der Waals surface area contributed by atoms with Gasteiger partial charge in [0.25, 0.3) is 5.91 Å². The van der Waals surface area contributed by atoms with Gasteiger partial charge in [-0.25, -0.2) is 0 Å². The summed E-state index contributed by atoms with van der Waals surface area (Å²) >= 11 is 3.35. The van der Waals surface area contributed by atoms with Crippen molar-refractivity contribution in [2.45, 2.75) is 32.7 Å². The Morgan fingerprint density at radius 2 is 1.94 bits per heavy atom. The molecule has 4 rings (SSSR count). The molecule has 1 aromatic carbocycles. The number of nitrogens with zero attached hydrogens (tertiary/aromatic N) is 1. The lowest BCUT2D eigenvalue weighted by atomic mass is 9.97. The number of amides is 1. The fraction of sp³-hybridized carbons (Fsp3) is 0.391. The second-order valence-corrected chi connectivity index (χ2v) is 8.92. The van der Waals surface area contributed by atoms with E-state index in [0.717, 1.165) is 41.9 Å². The van der Waals surface area contributed by atoms with Crippen molar-refractivity contribution >= 4 is 45.2 Å². The van der Waals surface area contributed by atoms with Crippen LogP contribution in [-0.4, -0.2) is 30.4 Å². The van der Waals surface area contributed by atoms with Crippen LogP contribution < -0.4 is 10.7 Å². The van der Waals surface area contributed by atoms with E-state index in [-0.39, 0.29) is 29.6 Å². The molecule has 1 aliphatic heterocycles. The van der Waals surface area contributed by atoms with Gasteiger partial charge in [0, 0.05) is 17.1 Å². The molecule has 1 N–H and O–H groups in total. The smallest absolute Gasteiger partial charge is 0.287 e. The first-order valence-corrected chi connectivity index (χ1v) is 11.0. The van der Waals surface area contributed by atoms with E-state index in [2.05, 4.69) is 33.1 Å². The molecule has 2 aromatic heterocycles. The van der Waals surface area contributed by atoms with E-state index in [1.165, 1.54) is 6.07 Å². The van der Waals surface area contributed by atoms with Gasteiger partial charge >= 0.3 is 0 Å². The van der Waals surface area contributed by atoms with Gasteiger partial charge in [-0.15, -0.1) is 12.4 Å². The zero-order valence-corrected chi connectivity index (χ0v) is 19.9. The molecule has 0 saturated carbocycles. The average molecular weight is 510 g/mol. The Hall–Kier alpha value is -2.09.